The molecule has 37 heavy (non-hydrogen) atoms. The summed E-state index contributed by atoms with van der Waals surface area (Å²) in [6.07, 6.45) is 1.45. The van der Waals surface area contributed by atoms with E-state index >= 15 is 0 Å². The second kappa shape index (κ2) is 11.9. The Hall–Kier alpha value is -3.85. The first-order chi connectivity index (χ1) is 17.6. The Bertz CT molecular complexity index is 1340. The largest absolute Gasteiger partial charge is 0.462 e. The Morgan fingerprint density at radius 1 is 1.08 bits per heavy atom. The molecule has 0 aliphatic rings. The van der Waals surface area contributed by atoms with Crippen molar-refractivity contribution in [3.8, 4) is 11.3 Å². The molecule has 196 valence electrons. The maximum absolute atomic E-state index is 13.1. The van der Waals surface area contributed by atoms with Crippen molar-refractivity contribution >= 4 is 35.7 Å². The van der Waals surface area contributed by atoms with Gasteiger partial charge in [0.2, 0.25) is 0 Å². The molecule has 10 heteroatoms. The van der Waals surface area contributed by atoms with E-state index < -0.39 is 23.9 Å². The van der Waals surface area contributed by atoms with Crippen LogP contribution in [-0.4, -0.2) is 46.8 Å². The van der Waals surface area contributed by atoms with E-state index in [1.54, 1.807) is 64.3 Å². The fourth-order valence-electron chi connectivity index (χ4n) is 4.16. The lowest BCUT2D eigenvalue weighted by Gasteiger charge is -2.18. The minimum Gasteiger partial charge on any atom is -0.462 e. The zero-order valence-corrected chi connectivity index (χ0v) is 22.5. The predicted molar refractivity (Wildman–Crippen MR) is 142 cm³/mol. The van der Waals surface area contributed by atoms with Crippen molar-refractivity contribution in [1.29, 1.82) is 0 Å². The van der Waals surface area contributed by atoms with Crippen LogP contribution in [0.4, 0.5) is 0 Å². The van der Waals surface area contributed by atoms with E-state index in [0.717, 1.165) is 5.56 Å². The van der Waals surface area contributed by atoms with E-state index in [0.29, 0.717) is 44.5 Å². The maximum atomic E-state index is 13.1. The number of esters is 2. The SMILES string of the molecule is CCOC(=O)c1cc(-c2ccc(Cl)cc2)n(C(C)C(=O)N/N=C/c2[nH]c(C)c(C(=O)OCC)c2C)c1C. The Labute approximate surface area is 220 Å². The summed E-state index contributed by atoms with van der Waals surface area (Å²) in [5.41, 5.74) is 7.32. The monoisotopic (exact) mass is 526 g/mol. The van der Waals surface area contributed by atoms with Gasteiger partial charge in [-0.2, -0.15) is 5.10 Å². The zero-order chi connectivity index (χ0) is 27.3. The molecule has 0 fully saturated rings. The molecule has 0 saturated heterocycles. The maximum Gasteiger partial charge on any atom is 0.340 e. The van der Waals surface area contributed by atoms with E-state index in [1.807, 2.05) is 12.1 Å². The highest BCUT2D eigenvalue weighted by Crippen LogP contribution is 2.31. The van der Waals surface area contributed by atoms with Crippen LogP contribution in [0.3, 0.4) is 0 Å². The quantitative estimate of drug-likeness (QED) is 0.228. The number of aromatic amines is 1. The number of benzene rings is 1. The van der Waals surface area contributed by atoms with Gasteiger partial charge in [-0.1, -0.05) is 23.7 Å². The minimum atomic E-state index is -0.715. The smallest absolute Gasteiger partial charge is 0.340 e. The van der Waals surface area contributed by atoms with Gasteiger partial charge in [0.25, 0.3) is 5.91 Å². The molecule has 1 unspecified atom stereocenters. The number of rotatable bonds is 9. The number of amides is 1. The minimum absolute atomic E-state index is 0.236. The highest BCUT2D eigenvalue weighted by Gasteiger charge is 2.26. The van der Waals surface area contributed by atoms with Crippen LogP contribution in [0.2, 0.25) is 5.02 Å². The summed E-state index contributed by atoms with van der Waals surface area (Å²) in [6.45, 7) is 11.0. The lowest BCUT2D eigenvalue weighted by atomic mass is 10.1. The number of H-pyrrole nitrogens is 1. The van der Waals surface area contributed by atoms with Crippen molar-refractivity contribution in [3.05, 3.63) is 69.1 Å². The average molecular weight is 527 g/mol. The molecule has 0 bridgehead atoms. The van der Waals surface area contributed by atoms with Crippen molar-refractivity contribution in [1.82, 2.24) is 15.0 Å². The number of hydrogen-bond acceptors (Lipinski definition) is 6. The molecule has 2 N–H and O–H groups in total. The van der Waals surface area contributed by atoms with Crippen LogP contribution >= 0.6 is 11.6 Å². The van der Waals surface area contributed by atoms with Crippen LogP contribution in [0.5, 0.6) is 0 Å². The summed E-state index contributed by atoms with van der Waals surface area (Å²) in [4.78, 5) is 41.0. The van der Waals surface area contributed by atoms with Crippen molar-refractivity contribution < 1.29 is 23.9 Å². The van der Waals surface area contributed by atoms with Gasteiger partial charge in [-0.15, -0.1) is 0 Å². The molecule has 0 radical (unpaired) electrons. The van der Waals surface area contributed by atoms with Crippen molar-refractivity contribution in [2.45, 2.75) is 47.6 Å². The molecule has 1 amide bonds. The number of carbonyl (C=O) groups excluding carboxylic acids is 3. The second-order valence-electron chi connectivity index (χ2n) is 8.42. The molecule has 3 rings (SSSR count). The number of nitrogens with zero attached hydrogens (tertiary/aromatic N) is 2. The van der Waals surface area contributed by atoms with Crippen LogP contribution < -0.4 is 5.43 Å². The van der Waals surface area contributed by atoms with Crippen LogP contribution in [-0.2, 0) is 14.3 Å². The number of aryl methyl sites for hydroxylation is 1. The summed E-state index contributed by atoms with van der Waals surface area (Å²) >= 11 is 6.05. The van der Waals surface area contributed by atoms with E-state index in [1.165, 1.54) is 6.21 Å². The van der Waals surface area contributed by atoms with Gasteiger partial charge in [-0.3, -0.25) is 4.79 Å². The van der Waals surface area contributed by atoms with Crippen molar-refractivity contribution in [2.24, 2.45) is 5.10 Å². The van der Waals surface area contributed by atoms with E-state index in [-0.39, 0.29) is 13.2 Å². The number of aromatic nitrogens is 2. The number of carbonyl (C=O) groups is 3. The van der Waals surface area contributed by atoms with Crippen LogP contribution in [0.1, 0.15) is 70.2 Å². The van der Waals surface area contributed by atoms with Gasteiger partial charge in [-0.25, -0.2) is 15.0 Å². The van der Waals surface area contributed by atoms with Gasteiger partial charge in [0.05, 0.1) is 36.2 Å². The predicted octanol–water partition coefficient (Wildman–Crippen LogP) is 5.13. The fourth-order valence-corrected chi connectivity index (χ4v) is 4.29. The third kappa shape index (κ3) is 5.94. The van der Waals surface area contributed by atoms with E-state index in [2.05, 4.69) is 15.5 Å². The third-order valence-corrected chi connectivity index (χ3v) is 6.27. The van der Waals surface area contributed by atoms with E-state index in [9.17, 15) is 14.4 Å². The van der Waals surface area contributed by atoms with Crippen LogP contribution in [0.15, 0.2) is 35.4 Å². The third-order valence-electron chi connectivity index (χ3n) is 6.02. The first-order valence-corrected chi connectivity index (χ1v) is 12.3. The number of hydrogen-bond donors (Lipinski definition) is 2. The highest BCUT2D eigenvalue weighted by atomic mass is 35.5. The normalized spacial score (nSPS) is 12.0. The van der Waals surface area contributed by atoms with Gasteiger partial charge in [0.15, 0.2) is 0 Å². The molecule has 1 aromatic carbocycles. The molecule has 9 nitrogen and oxygen atoms in total. The second-order valence-corrected chi connectivity index (χ2v) is 8.86. The zero-order valence-electron chi connectivity index (χ0n) is 21.8. The lowest BCUT2D eigenvalue weighted by Crippen LogP contribution is -2.28. The molecule has 0 aliphatic carbocycles. The molecular weight excluding hydrogens is 496 g/mol. The van der Waals surface area contributed by atoms with E-state index in [4.69, 9.17) is 21.1 Å². The summed E-state index contributed by atoms with van der Waals surface area (Å²) in [6, 6.07) is 8.13. The first kappa shape index (κ1) is 27.7. The van der Waals surface area contributed by atoms with Gasteiger partial charge in [-0.05, 0) is 70.9 Å². The van der Waals surface area contributed by atoms with Gasteiger partial charge in [0, 0.05) is 22.1 Å². The Morgan fingerprint density at radius 2 is 1.70 bits per heavy atom. The van der Waals surface area contributed by atoms with Gasteiger partial charge in [0.1, 0.15) is 6.04 Å². The summed E-state index contributed by atoms with van der Waals surface area (Å²) < 4.78 is 12.1. The van der Waals surface area contributed by atoms with Gasteiger partial charge < -0.3 is 19.0 Å². The number of nitrogens with one attached hydrogen (secondary N) is 2. The molecule has 0 spiro atoms. The number of ether oxygens (including phenoxy) is 2. The van der Waals surface area contributed by atoms with Crippen molar-refractivity contribution in [2.75, 3.05) is 13.2 Å². The molecular formula is C27H31ClN4O5. The number of hydrazone groups is 1. The average Bonchev–Trinajstić information content (AvgIpc) is 3.34. The molecule has 0 aliphatic heterocycles. The number of halogens is 1. The van der Waals surface area contributed by atoms with Crippen LogP contribution in [0.25, 0.3) is 11.3 Å². The summed E-state index contributed by atoms with van der Waals surface area (Å²) in [5.74, 6) is -1.28. The standard InChI is InChI=1S/C27H31ClN4O5/c1-7-36-26(34)21-13-23(19-9-11-20(28)12-10-19)32(17(21)5)18(6)25(33)31-29-14-22-15(3)24(16(4)30-22)27(35)37-8-2/h9-14,18,30H,7-8H2,1-6H3,(H,31,33)/b29-14+. The summed E-state index contributed by atoms with van der Waals surface area (Å²) in [5, 5.41) is 4.67. The molecule has 1 atom stereocenters. The first-order valence-electron chi connectivity index (χ1n) is 11.9. The Kier molecular flexibility index (Phi) is 8.94. The molecule has 0 saturated carbocycles. The fraction of sp³-hybridized carbons (Fsp3) is 0.333. The lowest BCUT2D eigenvalue weighted by molar-refractivity contribution is -0.123. The van der Waals surface area contributed by atoms with Crippen molar-refractivity contribution in [3.63, 3.8) is 0 Å². The molecule has 3 aromatic rings. The Balaban J connectivity index is 1.89. The summed E-state index contributed by atoms with van der Waals surface area (Å²) in [7, 11) is 0. The van der Waals surface area contributed by atoms with Crippen LogP contribution in [0, 0.1) is 20.8 Å². The molecule has 2 heterocycles. The topological polar surface area (TPSA) is 115 Å². The Morgan fingerprint density at radius 3 is 2.32 bits per heavy atom. The van der Waals surface area contributed by atoms with Gasteiger partial charge >= 0.3 is 11.9 Å². The molecule has 2 aromatic heterocycles. The highest BCUT2D eigenvalue weighted by molar-refractivity contribution is 6.30.